The van der Waals surface area contributed by atoms with Gasteiger partial charge in [-0.2, -0.15) is 0 Å². The first-order valence-corrected chi connectivity index (χ1v) is 10.6. The number of allylic oxidation sites excluding steroid dienone is 4. The van der Waals surface area contributed by atoms with Gasteiger partial charge in [-0.25, -0.2) is 4.39 Å². The predicted molar refractivity (Wildman–Crippen MR) is 104 cm³/mol. The van der Waals surface area contributed by atoms with Crippen LogP contribution >= 0.6 is 23.2 Å². The number of aliphatic hydroxyl groups excluding tert-OH is 1. The van der Waals surface area contributed by atoms with Crippen molar-refractivity contribution in [3.05, 3.63) is 23.8 Å². The molecule has 4 nitrogen and oxygen atoms in total. The second kappa shape index (κ2) is 6.13. The third kappa shape index (κ3) is 2.19. The van der Waals surface area contributed by atoms with Crippen LogP contribution in [0.15, 0.2) is 23.8 Å². The lowest BCUT2D eigenvalue weighted by Crippen LogP contribution is -2.68. The molecule has 8 atom stereocenters. The van der Waals surface area contributed by atoms with Crippen molar-refractivity contribution in [2.45, 2.75) is 61.6 Å². The molecule has 7 heteroatoms. The Morgan fingerprint density at radius 1 is 1.36 bits per heavy atom. The molecule has 3 saturated carbocycles. The molecule has 0 aromatic rings. The van der Waals surface area contributed by atoms with Gasteiger partial charge in [0.05, 0.1) is 10.3 Å². The number of rotatable bonds is 2. The van der Waals surface area contributed by atoms with Crippen LogP contribution in [-0.4, -0.2) is 50.4 Å². The Morgan fingerprint density at radius 2 is 2.04 bits per heavy atom. The zero-order valence-electron chi connectivity index (χ0n) is 15.9. The van der Waals surface area contributed by atoms with Crippen molar-refractivity contribution >= 4 is 34.8 Å². The van der Waals surface area contributed by atoms with Crippen LogP contribution < -0.4 is 0 Å². The topological polar surface area (TPSA) is 74.6 Å². The zero-order valence-corrected chi connectivity index (χ0v) is 17.4. The van der Waals surface area contributed by atoms with Crippen LogP contribution in [0.3, 0.4) is 0 Å². The summed E-state index contributed by atoms with van der Waals surface area (Å²) in [5.74, 6) is -1.48. The fourth-order valence-electron chi connectivity index (χ4n) is 6.73. The van der Waals surface area contributed by atoms with Crippen LogP contribution in [0.1, 0.15) is 39.5 Å². The lowest BCUT2D eigenvalue weighted by Gasteiger charge is -2.64. The molecule has 4 aliphatic carbocycles. The Hall–Kier alpha value is -0.750. The number of fused-ring (bicyclic) bond motifs is 5. The van der Waals surface area contributed by atoms with E-state index in [0.29, 0.717) is 12.0 Å². The van der Waals surface area contributed by atoms with Gasteiger partial charge in [0.25, 0.3) is 0 Å². The molecule has 4 rings (SSSR count). The summed E-state index contributed by atoms with van der Waals surface area (Å²) in [7, 11) is 0. The number of halogens is 3. The largest absolute Gasteiger partial charge is 0.388 e. The average molecular weight is 431 g/mol. The van der Waals surface area contributed by atoms with Gasteiger partial charge in [0, 0.05) is 10.8 Å². The Bertz CT molecular complexity index is 812. The number of hydrogen-bond donors (Lipinski definition) is 2. The third-order valence-electron chi connectivity index (χ3n) is 8.34. The van der Waals surface area contributed by atoms with Crippen molar-refractivity contribution in [3.63, 3.8) is 0 Å². The molecule has 0 heterocycles. The van der Waals surface area contributed by atoms with Crippen molar-refractivity contribution in [2.24, 2.45) is 22.7 Å². The van der Waals surface area contributed by atoms with Crippen LogP contribution in [0.5, 0.6) is 0 Å². The monoisotopic (exact) mass is 430 g/mol. The summed E-state index contributed by atoms with van der Waals surface area (Å²) in [6.07, 6.45) is 4.15. The van der Waals surface area contributed by atoms with Crippen molar-refractivity contribution < 1.29 is 24.2 Å². The molecule has 0 unspecified atom stereocenters. The molecule has 2 N–H and O–H groups in total. The number of Topliss-reactive ketones (excluding diaryl/α,β-unsaturated/α-hetero) is 1. The van der Waals surface area contributed by atoms with E-state index in [9.17, 15) is 19.8 Å². The second-order valence-electron chi connectivity index (χ2n) is 9.29. The van der Waals surface area contributed by atoms with E-state index in [1.807, 2.05) is 13.8 Å². The first-order valence-electron chi connectivity index (χ1n) is 9.74. The lowest BCUT2D eigenvalue weighted by molar-refractivity contribution is -0.162. The van der Waals surface area contributed by atoms with E-state index in [1.165, 1.54) is 12.2 Å². The van der Waals surface area contributed by atoms with Gasteiger partial charge >= 0.3 is 0 Å². The second-order valence-corrected chi connectivity index (χ2v) is 10.4. The quantitative estimate of drug-likeness (QED) is 0.659. The SMILES string of the molecule is C[C@]12C=CC(=O)C=C1[C@@H](F)C[C@H]1[C@@H]3CC[C@](O)(C(=O)CO)[C@@]3(C)C[C@H](Cl)[C@@]12Cl. The van der Waals surface area contributed by atoms with Gasteiger partial charge in [0.2, 0.25) is 0 Å². The van der Waals surface area contributed by atoms with E-state index < -0.39 is 45.2 Å². The van der Waals surface area contributed by atoms with Gasteiger partial charge in [-0.1, -0.05) is 19.9 Å². The lowest BCUT2D eigenvalue weighted by atomic mass is 9.46. The summed E-state index contributed by atoms with van der Waals surface area (Å²) >= 11 is 14.1. The molecule has 0 aromatic heterocycles. The summed E-state index contributed by atoms with van der Waals surface area (Å²) in [5.41, 5.74) is -3.16. The van der Waals surface area contributed by atoms with Crippen molar-refractivity contribution in [3.8, 4) is 0 Å². The molecule has 154 valence electrons. The highest BCUT2D eigenvalue weighted by atomic mass is 35.5. The summed E-state index contributed by atoms with van der Waals surface area (Å²) in [6.45, 7) is 2.89. The van der Waals surface area contributed by atoms with Gasteiger partial charge in [-0.05, 0) is 55.2 Å². The van der Waals surface area contributed by atoms with Gasteiger partial charge in [0.1, 0.15) is 18.4 Å². The van der Waals surface area contributed by atoms with Crippen LogP contribution in [0.25, 0.3) is 0 Å². The fraction of sp³-hybridized carbons (Fsp3) is 0.714. The number of carbonyl (C=O) groups is 2. The van der Waals surface area contributed by atoms with Gasteiger partial charge in [0.15, 0.2) is 11.6 Å². The maximum Gasteiger partial charge on any atom is 0.190 e. The molecule has 0 amide bonds. The van der Waals surface area contributed by atoms with Gasteiger partial charge in [-0.15, -0.1) is 23.2 Å². The smallest absolute Gasteiger partial charge is 0.190 e. The summed E-state index contributed by atoms with van der Waals surface area (Å²) in [6, 6.07) is 0. The molecule has 0 bridgehead atoms. The molecule has 0 spiro atoms. The van der Waals surface area contributed by atoms with Crippen molar-refractivity contribution in [2.75, 3.05) is 6.61 Å². The first-order chi connectivity index (χ1) is 13.0. The summed E-state index contributed by atoms with van der Waals surface area (Å²) in [4.78, 5) is 23.3. The number of aliphatic hydroxyl groups is 2. The number of ketones is 2. The van der Waals surface area contributed by atoms with Gasteiger partial charge < -0.3 is 10.2 Å². The summed E-state index contributed by atoms with van der Waals surface area (Å²) < 4.78 is 15.3. The van der Waals surface area contributed by atoms with E-state index in [4.69, 9.17) is 23.2 Å². The Kier molecular flexibility index (Phi) is 4.49. The number of carbonyl (C=O) groups excluding carboxylic acids is 2. The third-order valence-corrected chi connectivity index (χ3v) is 9.89. The predicted octanol–water partition coefficient (Wildman–Crippen LogP) is 3.11. The minimum atomic E-state index is -1.70. The Balaban J connectivity index is 1.84. The molecule has 0 radical (unpaired) electrons. The number of alkyl halides is 3. The first kappa shape index (κ1) is 20.5. The normalized spacial score (nSPS) is 52.5. The fourth-order valence-corrected chi connectivity index (χ4v) is 7.93. The molecule has 0 aliphatic heterocycles. The highest BCUT2D eigenvalue weighted by molar-refractivity contribution is 6.34. The molecule has 28 heavy (non-hydrogen) atoms. The highest BCUT2D eigenvalue weighted by Crippen LogP contribution is 2.71. The van der Waals surface area contributed by atoms with Crippen LogP contribution in [0.4, 0.5) is 4.39 Å². The van der Waals surface area contributed by atoms with Crippen LogP contribution in [0, 0.1) is 22.7 Å². The van der Waals surface area contributed by atoms with E-state index in [2.05, 4.69) is 0 Å². The maximum absolute atomic E-state index is 15.3. The van der Waals surface area contributed by atoms with E-state index in [0.717, 1.165) is 0 Å². The van der Waals surface area contributed by atoms with Gasteiger partial charge in [-0.3, -0.25) is 9.59 Å². The average Bonchev–Trinajstić information content (AvgIpc) is 2.91. The van der Waals surface area contributed by atoms with E-state index >= 15 is 4.39 Å². The molecule has 3 fully saturated rings. The minimum Gasteiger partial charge on any atom is -0.388 e. The maximum atomic E-state index is 15.3. The molecule has 0 aromatic carbocycles. The molecule has 0 saturated heterocycles. The zero-order chi connectivity index (χ0) is 20.7. The van der Waals surface area contributed by atoms with Crippen molar-refractivity contribution in [1.29, 1.82) is 0 Å². The highest BCUT2D eigenvalue weighted by Gasteiger charge is 2.73. The number of hydrogen-bond acceptors (Lipinski definition) is 4. The van der Waals surface area contributed by atoms with E-state index in [-0.39, 0.29) is 36.9 Å². The Labute approximate surface area is 173 Å². The van der Waals surface area contributed by atoms with Crippen LogP contribution in [0.2, 0.25) is 0 Å². The summed E-state index contributed by atoms with van der Waals surface area (Å²) in [5, 5.41) is 20.0. The van der Waals surface area contributed by atoms with Crippen molar-refractivity contribution in [1.82, 2.24) is 0 Å². The van der Waals surface area contributed by atoms with Crippen LogP contribution in [-0.2, 0) is 9.59 Å². The van der Waals surface area contributed by atoms with E-state index in [1.54, 1.807) is 6.08 Å². The molecular formula is C21H25Cl2FO4. The standard InChI is InChI=1S/C21H25Cl2FO4/c1-18-5-3-11(26)7-14(18)15(24)8-13-12-4-6-20(28,17(27)10-25)19(12,2)9-16(22)21(13,18)23/h3,5,7,12-13,15-16,25,28H,4,6,8-10H2,1-2H3/t12-,13-,15-,16-,18-,19-,20-,21-/m0/s1. The molecular weight excluding hydrogens is 406 g/mol. The minimum absolute atomic E-state index is 0.0961. The molecule has 4 aliphatic rings. The Morgan fingerprint density at radius 3 is 2.68 bits per heavy atom.